The summed E-state index contributed by atoms with van der Waals surface area (Å²) in [5.74, 6) is -0.658. The van der Waals surface area contributed by atoms with E-state index in [-0.39, 0.29) is 18.4 Å². The van der Waals surface area contributed by atoms with Crippen LogP contribution in [-0.2, 0) is 9.53 Å². The van der Waals surface area contributed by atoms with Crippen LogP contribution in [0.15, 0.2) is 24.3 Å². The van der Waals surface area contributed by atoms with Crippen molar-refractivity contribution in [3.63, 3.8) is 0 Å². The lowest BCUT2D eigenvalue weighted by molar-refractivity contribution is -0.137. The standard InChI is InChI=1S/C19H26ClN3O4/c20-15-2-1-3-16(12-15)21-19(26)23-7-6-17(22-8-10-27-11-9-22)14(13-23)4-5-18(24)25/h1-3,12,14,17H,4-11,13H2,(H,21,26)(H,24,25)/t14-,17+/m1/s1. The number of benzene rings is 1. The first-order valence-corrected chi connectivity index (χ1v) is 9.76. The quantitative estimate of drug-likeness (QED) is 0.801. The Morgan fingerprint density at radius 2 is 2.04 bits per heavy atom. The van der Waals surface area contributed by atoms with E-state index >= 15 is 0 Å². The zero-order valence-electron chi connectivity index (χ0n) is 15.3. The second-order valence-electron chi connectivity index (χ2n) is 7.08. The van der Waals surface area contributed by atoms with Gasteiger partial charge in [0.15, 0.2) is 0 Å². The number of morpholine rings is 1. The topological polar surface area (TPSA) is 82.1 Å². The van der Waals surface area contributed by atoms with Crippen LogP contribution in [0.4, 0.5) is 10.5 Å². The number of rotatable bonds is 5. The second kappa shape index (κ2) is 9.39. The predicted octanol–water partition coefficient (Wildman–Crippen LogP) is 2.76. The van der Waals surface area contributed by atoms with Gasteiger partial charge in [-0.25, -0.2) is 4.79 Å². The number of ether oxygens (including phenoxy) is 1. The van der Waals surface area contributed by atoms with Gasteiger partial charge in [-0.15, -0.1) is 0 Å². The van der Waals surface area contributed by atoms with Crippen LogP contribution in [0.25, 0.3) is 0 Å². The van der Waals surface area contributed by atoms with Crippen LogP contribution in [0.1, 0.15) is 19.3 Å². The van der Waals surface area contributed by atoms with E-state index in [0.717, 1.165) is 19.5 Å². The number of urea groups is 1. The molecular weight excluding hydrogens is 370 g/mol. The van der Waals surface area contributed by atoms with Crippen molar-refractivity contribution >= 4 is 29.3 Å². The van der Waals surface area contributed by atoms with Crippen molar-refractivity contribution in [1.82, 2.24) is 9.80 Å². The molecule has 2 heterocycles. The van der Waals surface area contributed by atoms with Crippen molar-refractivity contribution in [3.05, 3.63) is 29.3 Å². The van der Waals surface area contributed by atoms with Gasteiger partial charge >= 0.3 is 12.0 Å². The lowest BCUT2D eigenvalue weighted by atomic mass is 9.87. The van der Waals surface area contributed by atoms with Crippen molar-refractivity contribution in [1.29, 1.82) is 0 Å². The molecule has 0 bridgehead atoms. The van der Waals surface area contributed by atoms with Crippen LogP contribution < -0.4 is 5.32 Å². The smallest absolute Gasteiger partial charge is 0.321 e. The first-order chi connectivity index (χ1) is 13.0. The maximum absolute atomic E-state index is 12.7. The molecule has 0 aliphatic carbocycles. The Hall–Kier alpha value is -1.83. The minimum Gasteiger partial charge on any atom is -0.481 e. The fraction of sp³-hybridized carbons (Fsp3) is 0.579. The third kappa shape index (κ3) is 5.57. The summed E-state index contributed by atoms with van der Waals surface area (Å²) in [7, 11) is 0. The monoisotopic (exact) mass is 395 g/mol. The number of carboxylic acids is 1. The minimum absolute atomic E-state index is 0.120. The van der Waals surface area contributed by atoms with Crippen LogP contribution >= 0.6 is 11.6 Å². The fourth-order valence-electron chi connectivity index (χ4n) is 3.96. The van der Waals surface area contributed by atoms with Crippen molar-refractivity contribution in [2.45, 2.75) is 25.3 Å². The Kier molecular flexibility index (Phi) is 6.93. The summed E-state index contributed by atoms with van der Waals surface area (Å²) in [5, 5.41) is 12.6. The summed E-state index contributed by atoms with van der Waals surface area (Å²) < 4.78 is 5.44. The number of piperidine rings is 1. The number of halogens is 1. The van der Waals surface area contributed by atoms with Gasteiger partial charge in [-0.3, -0.25) is 9.69 Å². The molecule has 2 atom stereocenters. The maximum Gasteiger partial charge on any atom is 0.321 e. The molecule has 2 N–H and O–H groups in total. The minimum atomic E-state index is -0.795. The number of anilines is 1. The number of aliphatic carboxylic acids is 1. The summed E-state index contributed by atoms with van der Waals surface area (Å²) >= 11 is 5.98. The molecule has 3 rings (SSSR count). The number of carboxylic acid groups (broad SMARTS) is 1. The van der Waals surface area contributed by atoms with Gasteiger partial charge in [0.25, 0.3) is 0 Å². The number of amides is 2. The first kappa shape index (κ1) is 19.9. The SMILES string of the molecule is O=C(O)CC[C@@H]1CN(C(=O)Nc2cccc(Cl)c2)CC[C@@H]1N1CCOCC1. The summed E-state index contributed by atoms with van der Waals surface area (Å²) in [5.41, 5.74) is 0.657. The number of carbonyl (C=O) groups is 2. The first-order valence-electron chi connectivity index (χ1n) is 9.38. The molecule has 0 saturated carbocycles. The van der Waals surface area contributed by atoms with E-state index < -0.39 is 5.97 Å². The van der Waals surface area contributed by atoms with Crippen molar-refractivity contribution in [2.75, 3.05) is 44.7 Å². The molecule has 0 unspecified atom stereocenters. The van der Waals surface area contributed by atoms with E-state index in [0.29, 0.717) is 49.5 Å². The van der Waals surface area contributed by atoms with Crippen molar-refractivity contribution in [2.24, 2.45) is 5.92 Å². The van der Waals surface area contributed by atoms with Crippen LogP contribution in [0.3, 0.4) is 0 Å². The predicted molar refractivity (Wildman–Crippen MR) is 103 cm³/mol. The van der Waals surface area contributed by atoms with Gasteiger partial charge in [0.05, 0.1) is 13.2 Å². The van der Waals surface area contributed by atoms with Gasteiger partial charge in [0, 0.05) is 49.4 Å². The summed E-state index contributed by atoms with van der Waals surface area (Å²) in [6, 6.07) is 7.18. The average molecular weight is 396 g/mol. The van der Waals surface area contributed by atoms with E-state index in [2.05, 4.69) is 10.2 Å². The van der Waals surface area contributed by atoms with Gasteiger partial charge in [-0.05, 0) is 37.0 Å². The van der Waals surface area contributed by atoms with Crippen LogP contribution in [0.2, 0.25) is 5.02 Å². The molecule has 0 aromatic heterocycles. The van der Waals surface area contributed by atoms with Crippen molar-refractivity contribution in [3.8, 4) is 0 Å². The third-order valence-electron chi connectivity index (χ3n) is 5.30. The van der Waals surface area contributed by atoms with Crippen LogP contribution in [0.5, 0.6) is 0 Å². The highest BCUT2D eigenvalue weighted by Crippen LogP contribution is 2.27. The highest BCUT2D eigenvalue weighted by Gasteiger charge is 2.35. The summed E-state index contributed by atoms with van der Waals surface area (Å²) in [6.07, 6.45) is 1.53. The third-order valence-corrected chi connectivity index (χ3v) is 5.54. The normalized spacial score (nSPS) is 23.8. The summed E-state index contributed by atoms with van der Waals surface area (Å²) in [6.45, 7) is 4.35. The number of likely N-dealkylation sites (tertiary alicyclic amines) is 1. The van der Waals surface area contributed by atoms with Crippen LogP contribution in [0, 0.1) is 5.92 Å². The molecule has 1 aromatic carbocycles. The van der Waals surface area contributed by atoms with Gasteiger partial charge in [0.2, 0.25) is 0 Å². The number of carbonyl (C=O) groups excluding carboxylic acids is 1. The molecule has 148 valence electrons. The number of nitrogens with one attached hydrogen (secondary N) is 1. The Morgan fingerprint density at radius 3 is 2.74 bits per heavy atom. The lowest BCUT2D eigenvalue weighted by Crippen LogP contribution is -2.55. The fourth-order valence-corrected chi connectivity index (χ4v) is 4.15. The number of nitrogens with zero attached hydrogens (tertiary/aromatic N) is 2. The lowest BCUT2D eigenvalue weighted by Gasteiger charge is -2.45. The van der Waals surface area contributed by atoms with Gasteiger partial charge < -0.3 is 20.1 Å². The molecule has 2 fully saturated rings. The highest BCUT2D eigenvalue weighted by atomic mass is 35.5. The zero-order valence-corrected chi connectivity index (χ0v) is 16.0. The Balaban J connectivity index is 1.64. The number of hydrogen-bond donors (Lipinski definition) is 2. The highest BCUT2D eigenvalue weighted by molar-refractivity contribution is 6.30. The van der Waals surface area contributed by atoms with E-state index in [9.17, 15) is 9.59 Å². The molecule has 2 saturated heterocycles. The molecule has 1 aromatic rings. The second-order valence-corrected chi connectivity index (χ2v) is 7.52. The molecule has 27 heavy (non-hydrogen) atoms. The Morgan fingerprint density at radius 1 is 1.26 bits per heavy atom. The number of hydrogen-bond acceptors (Lipinski definition) is 4. The molecule has 0 spiro atoms. The largest absolute Gasteiger partial charge is 0.481 e. The van der Waals surface area contributed by atoms with Crippen molar-refractivity contribution < 1.29 is 19.4 Å². The molecule has 2 aliphatic heterocycles. The Bertz CT molecular complexity index is 666. The van der Waals surface area contributed by atoms with Gasteiger partial charge in [-0.2, -0.15) is 0 Å². The maximum atomic E-state index is 12.7. The molecule has 7 nitrogen and oxygen atoms in total. The molecule has 0 radical (unpaired) electrons. The molecule has 2 amide bonds. The Labute approximate surface area is 164 Å². The molecular formula is C19H26ClN3O4. The molecule has 8 heteroatoms. The molecule has 2 aliphatic rings. The van der Waals surface area contributed by atoms with Gasteiger partial charge in [-0.1, -0.05) is 17.7 Å². The van der Waals surface area contributed by atoms with Crippen LogP contribution in [-0.4, -0.2) is 72.3 Å². The van der Waals surface area contributed by atoms with E-state index in [1.165, 1.54) is 0 Å². The van der Waals surface area contributed by atoms with E-state index in [4.69, 9.17) is 21.4 Å². The van der Waals surface area contributed by atoms with E-state index in [1.807, 2.05) is 0 Å². The van der Waals surface area contributed by atoms with Gasteiger partial charge in [0.1, 0.15) is 0 Å². The van der Waals surface area contributed by atoms with E-state index in [1.54, 1.807) is 29.2 Å². The summed E-state index contributed by atoms with van der Waals surface area (Å²) in [4.78, 5) is 27.9. The zero-order chi connectivity index (χ0) is 19.2. The average Bonchev–Trinajstić information content (AvgIpc) is 2.67.